The Morgan fingerprint density at radius 3 is 2.45 bits per heavy atom. The van der Waals surface area contributed by atoms with E-state index in [-0.39, 0.29) is 29.1 Å². The summed E-state index contributed by atoms with van der Waals surface area (Å²) >= 11 is 0. The van der Waals surface area contributed by atoms with Gasteiger partial charge in [-0.15, -0.1) is 0 Å². The number of benzene rings is 1. The van der Waals surface area contributed by atoms with Crippen molar-refractivity contribution >= 4 is 5.91 Å². The quantitative estimate of drug-likeness (QED) is 0.843. The van der Waals surface area contributed by atoms with Gasteiger partial charge in [-0.1, -0.05) is 0 Å². The van der Waals surface area contributed by atoms with Gasteiger partial charge in [0.1, 0.15) is 11.6 Å². The molecule has 1 atom stereocenters. The summed E-state index contributed by atoms with van der Waals surface area (Å²) < 4.78 is 27.2. The summed E-state index contributed by atoms with van der Waals surface area (Å²) in [7, 11) is 0. The lowest BCUT2D eigenvalue weighted by Crippen LogP contribution is -2.33. The average Bonchev–Trinajstić information content (AvgIpc) is 2.32. The number of amides is 1. The second-order valence-corrected chi connectivity index (χ2v) is 5.27. The molecule has 112 valence electrons. The van der Waals surface area contributed by atoms with Crippen molar-refractivity contribution in [2.45, 2.75) is 46.2 Å². The van der Waals surface area contributed by atoms with Gasteiger partial charge in [-0.2, -0.15) is 0 Å². The van der Waals surface area contributed by atoms with Crippen molar-refractivity contribution in [1.82, 2.24) is 10.6 Å². The molecule has 0 spiro atoms. The summed E-state index contributed by atoms with van der Waals surface area (Å²) in [5.41, 5.74) is 0.562. The highest BCUT2D eigenvalue weighted by Gasteiger charge is 2.14. The molecule has 5 heteroatoms. The SMILES string of the molecule is Cc1cc(F)c(C(C)NCCC(=O)NC(C)C)cc1F. The Bertz CT molecular complexity index is 475. The molecule has 0 saturated heterocycles. The molecule has 1 aromatic carbocycles. The summed E-state index contributed by atoms with van der Waals surface area (Å²) in [6.07, 6.45) is 0.304. The van der Waals surface area contributed by atoms with Crippen molar-refractivity contribution in [1.29, 1.82) is 0 Å². The third-order valence-corrected chi connectivity index (χ3v) is 3.00. The zero-order valence-corrected chi connectivity index (χ0v) is 12.4. The Morgan fingerprint density at radius 2 is 1.85 bits per heavy atom. The Balaban J connectivity index is 2.53. The Kier molecular flexibility index (Phi) is 6.07. The minimum atomic E-state index is -0.435. The van der Waals surface area contributed by atoms with Crippen molar-refractivity contribution in [3.05, 3.63) is 34.9 Å². The number of aryl methyl sites for hydroxylation is 1. The van der Waals surface area contributed by atoms with E-state index in [9.17, 15) is 13.6 Å². The maximum absolute atomic E-state index is 13.8. The third kappa shape index (κ3) is 4.89. The van der Waals surface area contributed by atoms with Gasteiger partial charge in [-0.3, -0.25) is 4.79 Å². The molecule has 0 aliphatic heterocycles. The van der Waals surface area contributed by atoms with Crippen LogP contribution in [0.1, 0.15) is 44.4 Å². The molecule has 0 heterocycles. The zero-order valence-electron chi connectivity index (χ0n) is 12.4. The van der Waals surface area contributed by atoms with Crippen LogP contribution in [-0.4, -0.2) is 18.5 Å². The molecular weight excluding hydrogens is 262 g/mol. The largest absolute Gasteiger partial charge is 0.354 e. The van der Waals surface area contributed by atoms with Crippen LogP contribution < -0.4 is 10.6 Å². The third-order valence-electron chi connectivity index (χ3n) is 3.00. The Labute approximate surface area is 118 Å². The first-order valence-electron chi connectivity index (χ1n) is 6.79. The van der Waals surface area contributed by atoms with Gasteiger partial charge in [0.05, 0.1) is 0 Å². The van der Waals surface area contributed by atoms with Gasteiger partial charge in [0.15, 0.2) is 0 Å². The van der Waals surface area contributed by atoms with Crippen molar-refractivity contribution in [3.63, 3.8) is 0 Å². The van der Waals surface area contributed by atoms with Crippen molar-refractivity contribution in [2.24, 2.45) is 0 Å². The lowest BCUT2D eigenvalue weighted by molar-refractivity contribution is -0.121. The second-order valence-electron chi connectivity index (χ2n) is 5.27. The molecule has 3 nitrogen and oxygen atoms in total. The fourth-order valence-corrected chi connectivity index (χ4v) is 1.90. The van der Waals surface area contributed by atoms with E-state index in [1.54, 1.807) is 6.92 Å². The van der Waals surface area contributed by atoms with Gasteiger partial charge in [-0.05, 0) is 45.4 Å². The Hall–Kier alpha value is -1.49. The van der Waals surface area contributed by atoms with Crippen LogP contribution in [0.4, 0.5) is 8.78 Å². The fraction of sp³-hybridized carbons (Fsp3) is 0.533. The molecule has 20 heavy (non-hydrogen) atoms. The van der Waals surface area contributed by atoms with Crippen LogP contribution in [-0.2, 0) is 4.79 Å². The van der Waals surface area contributed by atoms with Crippen LogP contribution in [0, 0.1) is 18.6 Å². The number of nitrogens with one attached hydrogen (secondary N) is 2. The smallest absolute Gasteiger partial charge is 0.221 e. The number of carbonyl (C=O) groups excluding carboxylic acids is 1. The second kappa shape index (κ2) is 7.33. The highest BCUT2D eigenvalue weighted by Crippen LogP contribution is 2.20. The van der Waals surface area contributed by atoms with Gasteiger partial charge in [-0.25, -0.2) is 8.78 Å². The van der Waals surface area contributed by atoms with Crippen LogP contribution in [0.5, 0.6) is 0 Å². The van der Waals surface area contributed by atoms with Crippen LogP contribution >= 0.6 is 0 Å². The maximum atomic E-state index is 13.8. The molecule has 0 aliphatic rings. The fourth-order valence-electron chi connectivity index (χ4n) is 1.90. The Morgan fingerprint density at radius 1 is 1.20 bits per heavy atom. The molecule has 0 saturated carbocycles. The highest BCUT2D eigenvalue weighted by molar-refractivity contribution is 5.76. The van der Waals surface area contributed by atoms with Crippen molar-refractivity contribution < 1.29 is 13.6 Å². The van der Waals surface area contributed by atoms with E-state index >= 15 is 0 Å². The van der Waals surface area contributed by atoms with Gasteiger partial charge in [0.2, 0.25) is 5.91 Å². The number of rotatable bonds is 6. The van der Waals surface area contributed by atoms with Crippen LogP contribution in [0.2, 0.25) is 0 Å². The lowest BCUT2D eigenvalue weighted by atomic mass is 10.0. The number of hydrogen-bond acceptors (Lipinski definition) is 2. The molecule has 1 unspecified atom stereocenters. The lowest BCUT2D eigenvalue weighted by Gasteiger charge is -2.16. The first-order chi connectivity index (χ1) is 9.31. The topological polar surface area (TPSA) is 41.1 Å². The van der Waals surface area contributed by atoms with Crippen LogP contribution in [0.15, 0.2) is 12.1 Å². The summed E-state index contributed by atoms with van der Waals surface area (Å²) in [4.78, 5) is 11.5. The molecule has 0 radical (unpaired) electrons. The minimum Gasteiger partial charge on any atom is -0.354 e. The van der Waals surface area contributed by atoms with E-state index < -0.39 is 11.6 Å². The van der Waals surface area contributed by atoms with Gasteiger partial charge in [0, 0.05) is 30.6 Å². The minimum absolute atomic E-state index is 0.0599. The van der Waals surface area contributed by atoms with E-state index in [1.165, 1.54) is 19.1 Å². The standard InChI is InChI=1S/C15H22F2N2O/c1-9(2)19-15(20)5-6-18-11(4)12-8-13(16)10(3)7-14(12)17/h7-9,11,18H,5-6H2,1-4H3,(H,19,20). The first kappa shape index (κ1) is 16.6. The highest BCUT2D eigenvalue weighted by atomic mass is 19.1. The monoisotopic (exact) mass is 284 g/mol. The summed E-state index contributed by atoms with van der Waals surface area (Å²) in [5, 5.41) is 5.79. The van der Waals surface area contributed by atoms with Crippen LogP contribution in [0.3, 0.4) is 0 Å². The summed E-state index contributed by atoms with van der Waals surface area (Å²) in [5.74, 6) is -0.918. The molecule has 1 rings (SSSR count). The van der Waals surface area contributed by atoms with Gasteiger partial charge < -0.3 is 10.6 Å². The van der Waals surface area contributed by atoms with Crippen molar-refractivity contribution in [3.8, 4) is 0 Å². The van der Waals surface area contributed by atoms with Crippen molar-refractivity contribution in [2.75, 3.05) is 6.54 Å². The number of hydrogen-bond donors (Lipinski definition) is 2. The zero-order chi connectivity index (χ0) is 15.3. The molecule has 0 aliphatic carbocycles. The summed E-state index contributed by atoms with van der Waals surface area (Å²) in [6, 6.07) is 2.14. The molecule has 0 aromatic heterocycles. The predicted octanol–water partition coefficient (Wildman–Crippen LogP) is 2.84. The molecule has 1 aromatic rings. The number of carbonyl (C=O) groups is 1. The van der Waals surface area contributed by atoms with E-state index in [0.717, 1.165) is 0 Å². The maximum Gasteiger partial charge on any atom is 0.221 e. The number of halogens is 2. The first-order valence-corrected chi connectivity index (χ1v) is 6.79. The van der Waals surface area contributed by atoms with Crippen LogP contribution in [0.25, 0.3) is 0 Å². The normalized spacial score (nSPS) is 12.6. The van der Waals surface area contributed by atoms with E-state index in [4.69, 9.17) is 0 Å². The average molecular weight is 284 g/mol. The molecule has 1 amide bonds. The molecule has 2 N–H and O–H groups in total. The molecule has 0 bridgehead atoms. The molecular formula is C15H22F2N2O. The summed E-state index contributed by atoms with van der Waals surface area (Å²) in [6.45, 7) is 7.45. The van der Waals surface area contributed by atoms with Gasteiger partial charge in [0.25, 0.3) is 0 Å². The van der Waals surface area contributed by atoms with E-state index in [1.807, 2.05) is 13.8 Å². The predicted molar refractivity (Wildman–Crippen MR) is 75.4 cm³/mol. The van der Waals surface area contributed by atoms with E-state index in [2.05, 4.69) is 10.6 Å². The molecule has 0 fully saturated rings. The van der Waals surface area contributed by atoms with E-state index in [0.29, 0.717) is 13.0 Å². The van der Waals surface area contributed by atoms with Gasteiger partial charge >= 0.3 is 0 Å².